The summed E-state index contributed by atoms with van der Waals surface area (Å²) >= 11 is 2.92. The van der Waals surface area contributed by atoms with Crippen molar-refractivity contribution >= 4 is 33.7 Å². The zero-order valence-electron chi connectivity index (χ0n) is 10.7. The molecule has 3 heterocycles. The molecule has 0 aliphatic rings. The highest BCUT2D eigenvalue weighted by molar-refractivity contribution is 7.19. The molecular weight excluding hydrogens is 296 g/mol. The molecule has 0 saturated carbocycles. The van der Waals surface area contributed by atoms with E-state index in [-0.39, 0.29) is 5.91 Å². The van der Waals surface area contributed by atoms with E-state index in [9.17, 15) is 4.79 Å². The first-order valence-electron chi connectivity index (χ1n) is 5.75. The van der Waals surface area contributed by atoms with Crippen LogP contribution in [0.15, 0.2) is 21.3 Å². The molecule has 102 valence electrons. The summed E-state index contributed by atoms with van der Waals surface area (Å²) in [4.78, 5) is 12.1. The third kappa shape index (κ3) is 2.35. The predicted molar refractivity (Wildman–Crippen MR) is 77.2 cm³/mol. The zero-order chi connectivity index (χ0) is 14.1. The average molecular weight is 306 g/mol. The van der Waals surface area contributed by atoms with Crippen molar-refractivity contribution in [3.05, 3.63) is 33.8 Å². The SMILES string of the molecule is Cc1noc(C)c1C(=O)Nc1nnc(-c2ccsc2)s1. The Morgan fingerprint density at radius 2 is 2.20 bits per heavy atom. The zero-order valence-corrected chi connectivity index (χ0v) is 12.3. The highest BCUT2D eigenvalue weighted by Gasteiger charge is 2.19. The summed E-state index contributed by atoms with van der Waals surface area (Å²) in [5.41, 5.74) is 2.00. The molecule has 1 amide bonds. The van der Waals surface area contributed by atoms with Crippen LogP contribution in [-0.4, -0.2) is 21.3 Å². The normalized spacial score (nSPS) is 10.7. The van der Waals surface area contributed by atoms with Gasteiger partial charge in [-0.25, -0.2) is 0 Å². The fourth-order valence-corrected chi connectivity index (χ4v) is 3.19. The minimum atomic E-state index is -0.283. The lowest BCUT2D eigenvalue weighted by atomic mass is 10.2. The van der Waals surface area contributed by atoms with E-state index in [1.165, 1.54) is 11.3 Å². The summed E-state index contributed by atoms with van der Waals surface area (Å²) < 4.78 is 4.98. The molecule has 1 N–H and O–H groups in total. The lowest BCUT2D eigenvalue weighted by molar-refractivity contribution is 0.102. The molecule has 0 bridgehead atoms. The lowest BCUT2D eigenvalue weighted by Crippen LogP contribution is -2.13. The van der Waals surface area contributed by atoms with Gasteiger partial charge in [0.05, 0.1) is 5.69 Å². The number of aromatic nitrogens is 3. The van der Waals surface area contributed by atoms with Crippen molar-refractivity contribution < 1.29 is 9.32 Å². The Hall–Kier alpha value is -2.06. The lowest BCUT2D eigenvalue weighted by Gasteiger charge is -1.98. The van der Waals surface area contributed by atoms with Crippen LogP contribution in [0.4, 0.5) is 5.13 Å². The second kappa shape index (κ2) is 5.14. The van der Waals surface area contributed by atoms with Gasteiger partial charge in [-0.2, -0.15) is 11.3 Å². The fraction of sp³-hybridized carbons (Fsp3) is 0.167. The van der Waals surface area contributed by atoms with E-state index in [0.717, 1.165) is 10.6 Å². The average Bonchev–Trinajstić information content (AvgIpc) is 3.10. The number of nitrogens with zero attached hydrogens (tertiary/aromatic N) is 3. The molecule has 8 heteroatoms. The summed E-state index contributed by atoms with van der Waals surface area (Å²) in [5.74, 6) is 0.205. The summed E-state index contributed by atoms with van der Waals surface area (Å²) in [7, 11) is 0. The van der Waals surface area contributed by atoms with Crippen LogP contribution >= 0.6 is 22.7 Å². The second-order valence-electron chi connectivity index (χ2n) is 4.08. The van der Waals surface area contributed by atoms with Crippen molar-refractivity contribution in [1.29, 1.82) is 0 Å². The molecule has 3 aromatic heterocycles. The molecule has 6 nitrogen and oxygen atoms in total. The van der Waals surface area contributed by atoms with E-state index in [0.29, 0.717) is 22.1 Å². The third-order valence-electron chi connectivity index (χ3n) is 2.67. The summed E-state index contributed by atoms with van der Waals surface area (Å²) in [6.45, 7) is 3.42. The Morgan fingerprint density at radius 3 is 2.85 bits per heavy atom. The monoisotopic (exact) mass is 306 g/mol. The maximum atomic E-state index is 12.1. The molecule has 3 rings (SSSR count). The van der Waals surface area contributed by atoms with Gasteiger partial charge in [-0.1, -0.05) is 16.5 Å². The van der Waals surface area contributed by atoms with Crippen molar-refractivity contribution in [2.75, 3.05) is 5.32 Å². The van der Waals surface area contributed by atoms with Gasteiger partial charge >= 0.3 is 0 Å². The number of thiophene rings is 1. The highest BCUT2D eigenvalue weighted by atomic mass is 32.1. The van der Waals surface area contributed by atoms with Gasteiger partial charge in [0.15, 0.2) is 0 Å². The molecule has 0 unspecified atom stereocenters. The van der Waals surface area contributed by atoms with Gasteiger partial charge in [0, 0.05) is 10.9 Å². The Morgan fingerprint density at radius 1 is 1.35 bits per heavy atom. The van der Waals surface area contributed by atoms with Crippen LogP contribution in [0.5, 0.6) is 0 Å². The van der Waals surface area contributed by atoms with Crippen LogP contribution in [0, 0.1) is 13.8 Å². The van der Waals surface area contributed by atoms with E-state index in [4.69, 9.17) is 4.52 Å². The smallest absolute Gasteiger partial charge is 0.263 e. The Kier molecular flexibility index (Phi) is 3.33. The molecule has 0 saturated heterocycles. The van der Waals surface area contributed by atoms with E-state index >= 15 is 0 Å². The molecular formula is C12H10N4O2S2. The van der Waals surface area contributed by atoms with Crippen LogP contribution in [0.2, 0.25) is 0 Å². The minimum Gasteiger partial charge on any atom is -0.361 e. The molecule has 20 heavy (non-hydrogen) atoms. The number of carbonyl (C=O) groups excluding carboxylic acids is 1. The first-order valence-corrected chi connectivity index (χ1v) is 7.51. The third-order valence-corrected chi connectivity index (χ3v) is 4.25. The quantitative estimate of drug-likeness (QED) is 0.804. The number of rotatable bonds is 3. The van der Waals surface area contributed by atoms with Gasteiger partial charge in [0.2, 0.25) is 5.13 Å². The van der Waals surface area contributed by atoms with E-state index in [2.05, 4.69) is 20.7 Å². The molecule has 0 spiro atoms. The summed E-state index contributed by atoms with van der Waals surface area (Å²) in [6.07, 6.45) is 0. The van der Waals surface area contributed by atoms with Crippen molar-refractivity contribution in [2.24, 2.45) is 0 Å². The fourth-order valence-electron chi connectivity index (χ4n) is 1.74. The van der Waals surface area contributed by atoms with Gasteiger partial charge in [0.25, 0.3) is 5.91 Å². The molecule has 0 radical (unpaired) electrons. The number of amides is 1. The van der Waals surface area contributed by atoms with Crippen molar-refractivity contribution in [3.63, 3.8) is 0 Å². The number of hydrogen-bond acceptors (Lipinski definition) is 7. The Bertz CT molecular complexity index is 726. The molecule has 0 aromatic carbocycles. The highest BCUT2D eigenvalue weighted by Crippen LogP contribution is 2.28. The number of hydrogen-bond donors (Lipinski definition) is 1. The van der Waals surface area contributed by atoms with E-state index < -0.39 is 0 Å². The van der Waals surface area contributed by atoms with Crippen LogP contribution in [0.3, 0.4) is 0 Å². The van der Waals surface area contributed by atoms with Crippen LogP contribution < -0.4 is 5.32 Å². The van der Waals surface area contributed by atoms with Gasteiger partial charge < -0.3 is 4.52 Å². The largest absolute Gasteiger partial charge is 0.361 e. The van der Waals surface area contributed by atoms with Crippen molar-refractivity contribution in [3.8, 4) is 10.6 Å². The number of aryl methyl sites for hydroxylation is 2. The topological polar surface area (TPSA) is 80.9 Å². The van der Waals surface area contributed by atoms with Crippen LogP contribution in [-0.2, 0) is 0 Å². The molecule has 3 aromatic rings. The maximum absolute atomic E-state index is 12.1. The summed E-state index contributed by atoms with van der Waals surface area (Å²) in [5, 5.41) is 19.7. The van der Waals surface area contributed by atoms with Gasteiger partial charge in [0.1, 0.15) is 16.3 Å². The first-order chi connectivity index (χ1) is 9.65. The number of carbonyl (C=O) groups is 1. The minimum absolute atomic E-state index is 0.283. The van der Waals surface area contributed by atoms with Gasteiger partial charge in [-0.15, -0.1) is 10.2 Å². The molecule has 0 atom stereocenters. The van der Waals surface area contributed by atoms with Gasteiger partial charge in [-0.05, 0) is 25.3 Å². The van der Waals surface area contributed by atoms with E-state index in [1.54, 1.807) is 25.2 Å². The van der Waals surface area contributed by atoms with Crippen molar-refractivity contribution in [1.82, 2.24) is 15.4 Å². The maximum Gasteiger partial charge on any atom is 0.263 e. The molecule has 0 aliphatic carbocycles. The van der Waals surface area contributed by atoms with E-state index in [1.807, 2.05) is 16.8 Å². The van der Waals surface area contributed by atoms with Gasteiger partial charge in [-0.3, -0.25) is 10.1 Å². The summed E-state index contributed by atoms with van der Waals surface area (Å²) in [6, 6.07) is 1.96. The number of anilines is 1. The molecule has 0 fully saturated rings. The van der Waals surface area contributed by atoms with Crippen LogP contribution in [0.25, 0.3) is 10.6 Å². The Balaban J connectivity index is 1.80. The predicted octanol–water partition coefficient (Wildman–Crippen LogP) is 3.12. The molecule has 0 aliphatic heterocycles. The second-order valence-corrected chi connectivity index (χ2v) is 5.84. The van der Waals surface area contributed by atoms with Crippen molar-refractivity contribution in [2.45, 2.75) is 13.8 Å². The standard InChI is InChI=1S/C12H10N4O2S2/c1-6-9(7(2)18-16-6)10(17)13-12-15-14-11(20-12)8-3-4-19-5-8/h3-5H,1-2H3,(H,13,15,17). The first kappa shape index (κ1) is 12.9. The van der Waals surface area contributed by atoms with Crippen LogP contribution in [0.1, 0.15) is 21.8 Å². The Labute approximate surface area is 122 Å². The number of nitrogens with one attached hydrogen (secondary N) is 1.